The molecule has 2 rings (SSSR count). The van der Waals surface area contributed by atoms with Gasteiger partial charge in [0.25, 0.3) is 0 Å². The van der Waals surface area contributed by atoms with Gasteiger partial charge in [-0.3, -0.25) is 0 Å². The molecule has 12 nitrogen and oxygen atoms in total. The Labute approximate surface area is 248 Å². The lowest BCUT2D eigenvalue weighted by molar-refractivity contribution is 0.0439. The lowest BCUT2D eigenvalue weighted by atomic mass is 9.98. The molecule has 2 aromatic rings. The summed E-state index contributed by atoms with van der Waals surface area (Å²) in [5.41, 5.74) is 2.37. The van der Waals surface area contributed by atoms with Crippen molar-refractivity contribution in [2.24, 2.45) is 0 Å². The second-order valence-electron chi connectivity index (χ2n) is 9.01. The Kier molecular flexibility index (Phi) is 15.8. The van der Waals surface area contributed by atoms with E-state index in [0.717, 1.165) is 36.0 Å². The molecule has 2 aromatic carbocycles. The first-order valence-electron chi connectivity index (χ1n) is 13.5. The molecule has 0 fully saturated rings. The zero-order valence-corrected chi connectivity index (χ0v) is 26.3. The first kappa shape index (κ1) is 34.9. The molecule has 0 amide bonds. The van der Waals surface area contributed by atoms with Crippen LogP contribution in [0.5, 0.6) is 46.0 Å². The van der Waals surface area contributed by atoms with E-state index < -0.39 is 0 Å². The predicted molar refractivity (Wildman–Crippen MR) is 155 cm³/mol. The van der Waals surface area contributed by atoms with E-state index in [1.807, 2.05) is 6.92 Å². The summed E-state index contributed by atoms with van der Waals surface area (Å²) in [7, 11) is 12.6. The molecule has 0 radical (unpaired) electrons. The first-order chi connectivity index (χ1) is 20.5. The summed E-state index contributed by atoms with van der Waals surface area (Å²) in [5, 5.41) is 0. The van der Waals surface area contributed by atoms with Gasteiger partial charge in [-0.15, -0.1) is 0 Å². The molecule has 0 spiro atoms. The summed E-state index contributed by atoms with van der Waals surface area (Å²) < 4.78 is 67.0. The van der Waals surface area contributed by atoms with E-state index in [1.54, 1.807) is 62.9 Å². The van der Waals surface area contributed by atoms with Crippen LogP contribution in [0.4, 0.5) is 0 Å². The maximum absolute atomic E-state index is 5.97. The highest BCUT2D eigenvalue weighted by molar-refractivity contribution is 5.66. The van der Waals surface area contributed by atoms with Gasteiger partial charge in [-0.25, -0.2) is 0 Å². The normalized spacial score (nSPS) is 10.8. The number of ether oxygens (including phenoxy) is 12. The molecular weight excluding hydrogens is 552 g/mol. The van der Waals surface area contributed by atoms with Crippen molar-refractivity contribution < 1.29 is 56.8 Å². The average molecular weight is 599 g/mol. The molecule has 0 bridgehead atoms. The lowest BCUT2D eigenvalue weighted by Gasteiger charge is -2.23. The van der Waals surface area contributed by atoms with Gasteiger partial charge in [-0.1, -0.05) is 6.42 Å². The standard InChI is InChI=1S/C30H46O12/c1-20-25(36-7)30(42-19-34-5)22(29(38-9)26(20)40-17-32-3)14-12-10-11-13-21-27(37-8)24(39-16-31-2)15-23(35-6)28(21)41-18-33-4/h15H,10-14,16-19H2,1-9H3. The maximum atomic E-state index is 5.97. The van der Waals surface area contributed by atoms with E-state index in [4.69, 9.17) is 56.8 Å². The van der Waals surface area contributed by atoms with Crippen molar-refractivity contribution >= 4 is 0 Å². The van der Waals surface area contributed by atoms with E-state index >= 15 is 0 Å². The molecule has 0 saturated carbocycles. The Balaban J connectivity index is 2.34. The van der Waals surface area contributed by atoms with E-state index in [0.29, 0.717) is 58.8 Å². The molecule has 0 aromatic heterocycles. The van der Waals surface area contributed by atoms with Gasteiger partial charge in [0.05, 0.1) is 28.4 Å². The zero-order chi connectivity index (χ0) is 30.9. The van der Waals surface area contributed by atoms with Crippen LogP contribution in [-0.4, -0.2) is 84.1 Å². The highest BCUT2D eigenvalue weighted by atomic mass is 16.7. The second-order valence-corrected chi connectivity index (χ2v) is 9.01. The van der Waals surface area contributed by atoms with Gasteiger partial charge in [0, 0.05) is 51.2 Å². The van der Waals surface area contributed by atoms with Gasteiger partial charge in [0.15, 0.2) is 73.2 Å². The topological polar surface area (TPSA) is 111 Å². The summed E-state index contributed by atoms with van der Waals surface area (Å²) in [6, 6.07) is 1.72. The number of unbranched alkanes of at least 4 members (excludes halogenated alkanes) is 2. The highest BCUT2D eigenvalue weighted by Gasteiger charge is 2.26. The molecule has 0 aliphatic carbocycles. The summed E-state index contributed by atoms with van der Waals surface area (Å²) in [6.07, 6.45) is 3.74. The monoisotopic (exact) mass is 598 g/mol. The van der Waals surface area contributed by atoms with E-state index in [1.165, 1.54) is 0 Å². The molecule has 0 saturated heterocycles. The van der Waals surface area contributed by atoms with Crippen LogP contribution in [0.2, 0.25) is 0 Å². The molecule has 0 N–H and O–H groups in total. The fourth-order valence-corrected chi connectivity index (χ4v) is 4.61. The van der Waals surface area contributed by atoms with Crippen LogP contribution in [0.25, 0.3) is 0 Å². The minimum absolute atomic E-state index is 0.0531. The van der Waals surface area contributed by atoms with Crippen LogP contribution >= 0.6 is 0 Å². The van der Waals surface area contributed by atoms with Crippen LogP contribution in [0.1, 0.15) is 36.0 Å². The van der Waals surface area contributed by atoms with Crippen molar-refractivity contribution in [3.63, 3.8) is 0 Å². The zero-order valence-electron chi connectivity index (χ0n) is 26.3. The third-order valence-electron chi connectivity index (χ3n) is 6.38. The van der Waals surface area contributed by atoms with Crippen molar-refractivity contribution in [2.45, 2.75) is 39.0 Å². The Bertz CT molecular complexity index is 1090. The summed E-state index contributed by atoms with van der Waals surface area (Å²) in [5.74, 6) is 4.33. The van der Waals surface area contributed by atoms with Gasteiger partial charge < -0.3 is 56.8 Å². The predicted octanol–water partition coefficient (Wildman–Crippen LogP) is 4.92. The van der Waals surface area contributed by atoms with Crippen molar-refractivity contribution in [1.82, 2.24) is 0 Å². The van der Waals surface area contributed by atoms with Crippen LogP contribution < -0.4 is 37.9 Å². The molecule has 12 heteroatoms. The average Bonchev–Trinajstić information content (AvgIpc) is 3.01. The molecule has 238 valence electrons. The molecule has 0 aliphatic heterocycles. The summed E-state index contributed by atoms with van der Waals surface area (Å²) in [6.45, 7) is 2.10. The van der Waals surface area contributed by atoms with E-state index in [-0.39, 0.29) is 27.2 Å². The number of hydrogen-bond donors (Lipinski definition) is 0. The molecule has 0 atom stereocenters. The van der Waals surface area contributed by atoms with Gasteiger partial charge >= 0.3 is 0 Å². The maximum Gasteiger partial charge on any atom is 0.188 e. The Morgan fingerprint density at radius 3 is 1.40 bits per heavy atom. The lowest BCUT2D eigenvalue weighted by Crippen LogP contribution is -2.10. The van der Waals surface area contributed by atoms with Crippen LogP contribution in [-0.2, 0) is 31.8 Å². The van der Waals surface area contributed by atoms with Crippen LogP contribution in [0, 0.1) is 6.92 Å². The highest BCUT2D eigenvalue weighted by Crippen LogP contribution is 2.49. The fraction of sp³-hybridized carbons (Fsp3) is 0.600. The number of methoxy groups -OCH3 is 8. The Hall–Kier alpha value is -3.32. The van der Waals surface area contributed by atoms with Crippen molar-refractivity contribution in [1.29, 1.82) is 0 Å². The molecular formula is C30H46O12. The number of rotatable bonds is 22. The first-order valence-corrected chi connectivity index (χ1v) is 13.5. The quantitative estimate of drug-likeness (QED) is 0.136. The van der Waals surface area contributed by atoms with Gasteiger partial charge in [0.2, 0.25) is 0 Å². The van der Waals surface area contributed by atoms with Crippen molar-refractivity contribution in [3.8, 4) is 46.0 Å². The third kappa shape index (κ3) is 8.84. The smallest absolute Gasteiger partial charge is 0.188 e. The number of benzene rings is 2. The summed E-state index contributed by atoms with van der Waals surface area (Å²) in [4.78, 5) is 0. The van der Waals surface area contributed by atoms with Crippen molar-refractivity contribution in [2.75, 3.05) is 84.1 Å². The SMILES string of the molecule is COCOc1cc(OC)c(OCOC)c(CCCCCc2c(OC)c(OCOC)c(C)c(OC)c2OCOC)c1OC. The fourth-order valence-electron chi connectivity index (χ4n) is 4.61. The summed E-state index contributed by atoms with van der Waals surface area (Å²) >= 11 is 0. The van der Waals surface area contributed by atoms with Gasteiger partial charge in [0.1, 0.15) is 0 Å². The van der Waals surface area contributed by atoms with Crippen molar-refractivity contribution in [3.05, 3.63) is 22.8 Å². The van der Waals surface area contributed by atoms with E-state index in [9.17, 15) is 0 Å². The molecule has 0 heterocycles. The molecule has 0 unspecified atom stereocenters. The van der Waals surface area contributed by atoms with E-state index in [2.05, 4.69) is 0 Å². The minimum atomic E-state index is 0.0531. The minimum Gasteiger partial charge on any atom is -0.493 e. The largest absolute Gasteiger partial charge is 0.493 e. The second kappa shape index (κ2) is 19.0. The Morgan fingerprint density at radius 1 is 0.429 bits per heavy atom. The van der Waals surface area contributed by atoms with Gasteiger partial charge in [-0.2, -0.15) is 0 Å². The molecule has 42 heavy (non-hydrogen) atoms. The third-order valence-corrected chi connectivity index (χ3v) is 6.38. The molecule has 0 aliphatic rings. The number of hydrogen-bond acceptors (Lipinski definition) is 12. The van der Waals surface area contributed by atoms with Gasteiger partial charge in [-0.05, 0) is 32.6 Å². The van der Waals surface area contributed by atoms with Crippen LogP contribution in [0.15, 0.2) is 6.07 Å². The Morgan fingerprint density at radius 2 is 0.905 bits per heavy atom. The van der Waals surface area contributed by atoms with Crippen LogP contribution in [0.3, 0.4) is 0 Å².